The number of aliphatic imine (C=N–C) groups is 2. The van der Waals surface area contributed by atoms with Gasteiger partial charge in [0.1, 0.15) is 6.04 Å². The van der Waals surface area contributed by atoms with Gasteiger partial charge < -0.3 is 10.2 Å². The minimum absolute atomic E-state index is 0.0809. The van der Waals surface area contributed by atoms with Crippen LogP contribution < -0.4 is 5.32 Å². The van der Waals surface area contributed by atoms with E-state index in [1.165, 1.54) is 0 Å². The summed E-state index contributed by atoms with van der Waals surface area (Å²) in [7, 11) is 0. The minimum atomic E-state index is -0.210. The maximum atomic E-state index is 11.9. The normalized spacial score (nSPS) is 27.6. The number of nitrogens with one attached hydrogen (secondary N) is 1. The van der Waals surface area contributed by atoms with Crippen LogP contribution in [0.4, 0.5) is 0 Å². The Morgan fingerprint density at radius 3 is 2.94 bits per heavy atom. The smallest absolute Gasteiger partial charge is 0.312 e. The lowest BCUT2D eigenvalue weighted by Crippen LogP contribution is -2.50. The van der Waals surface area contributed by atoms with Crippen molar-refractivity contribution in [2.45, 2.75) is 6.04 Å². The zero-order valence-corrected chi connectivity index (χ0v) is 9.47. The Bertz CT molecular complexity index is 455. The summed E-state index contributed by atoms with van der Waals surface area (Å²) < 4.78 is 0. The molecule has 3 rings (SSSR count). The van der Waals surface area contributed by atoms with Crippen LogP contribution in [0.5, 0.6) is 0 Å². The van der Waals surface area contributed by atoms with E-state index in [2.05, 4.69) is 15.3 Å². The number of fused-ring (bicyclic) bond motifs is 1. The molecular formula is C12H14N4O. The monoisotopic (exact) mass is 230 g/mol. The predicted octanol–water partition coefficient (Wildman–Crippen LogP) is -0.234. The Morgan fingerprint density at radius 1 is 1.29 bits per heavy atom. The summed E-state index contributed by atoms with van der Waals surface area (Å²) in [6.07, 6.45) is 7.64. The van der Waals surface area contributed by atoms with E-state index in [4.69, 9.17) is 0 Å². The first-order valence-corrected chi connectivity index (χ1v) is 5.86. The standard InChI is InChI=1S/C12H14N4O/c17-12-11(16-7-5-13-6-8-16)14-9-3-1-2-4-10(9)15-12/h1-4,9,13H,5-8H2. The van der Waals surface area contributed by atoms with Crippen LogP contribution in [-0.4, -0.2) is 54.6 Å². The molecule has 0 saturated carbocycles. The zero-order chi connectivity index (χ0) is 11.7. The fourth-order valence-corrected chi connectivity index (χ4v) is 2.18. The second kappa shape index (κ2) is 4.25. The SMILES string of the molecule is O=C1N=C2C=CC=CC2N=C1N1CCNCC1. The average Bonchev–Trinajstić information content (AvgIpc) is 2.39. The number of hydrogen-bond donors (Lipinski definition) is 1. The van der Waals surface area contributed by atoms with Crippen molar-refractivity contribution in [2.75, 3.05) is 26.2 Å². The molecule has 1 fully saturated rings. The van der Waals surface area contributed by atoms with E-state index in [-0.39, 0.29) is 11.9 Å². The number of hydrogen-bond acceptors (Lipinski definition) is 4. The van der Waals surface area contributed by atoms with Gasteiger partial charge in [-0.2, -0.15) is 0 Å². The van der Waals surface area contributed by atoms with Crippen LogP contribution in [-0.2, 0) is 4.79 Å². The number of allylic oxidation sites excluding steroid dienone is 2. The van der Waals surface area contributed by atoms with Gasteiger partial charge in [0.05, 0.1) is 5.71 Å². The van der Waals surface area contributed by atoms with Gasteiger partial charge in [0.2, 0.25) is 0 Å². The zero-order valence-electron chi connectivity index (χ0n) is 9.47. The molecule has 88 valence electrons. The Balaban J connectivity index is 1.86. The molecule has 3 aliphatic rings. The molecule has 1 atom stereocenters. The highest BCUT2D eigenvalue weighted by Gasteiger charge is 2.28. The van der Waals surface area contributed by atoms with Gasteiger partial charge in [-0.15, -0.1) is 0 Å². The topological polar surface area (TPSA) is 57.1 Å². The molecule has 1 saturated heterocycles. The van der Waals surface area contributed by atoms with Crippen LogP contribution >= 0.6 is 0 Å². The molecule has 2 aliphatic heterocycles. The van der Waals surface area contributed by atoms with Crippen LogP contribution in [0.25, 0.3) is 0 Å². The fraction of sp³-hybridized carbons (Fsp3) is 0.417. The highest BCUT2D eigenvalue weighted by Crippen LogP contribution is 2.13. The molecule has 0 aromatic rings. The largest absolute Gasteiger partial charge is 0.350 e. The van der Waals surface area contributed by atoms with Crippen molar-refractivity contribution in [3.8, 4) is 0 Å². The quantitative estimate of drug-likeness (QED) is 0.625. The molecule has 0 aromatic carbocycles. The molecule has 1 amide bonds. The first-order chi connectivity index (χ1) is 8.34. The molecule has 1 aliphatic carbocycles. The number of carbonyl (C=O) groups excluding carboxylic acids is 1. The predicted molar refractivity (Wildman–Crippen MR) is 66.4 cm³/mol. The van der Waals surface area contributed by atoms with E-state index in [9.17, 15) is 4.79 Å². The first-order valence-electron chi connectivity index (χ1n) is 5.86. The summed E-state index contributed by atoms with van der Waals surface area (Å²) >= 11 is 0. The van der Waals surface area contributed by atoms with Crippen LogP contribution in [0.1, 0.15) is 0 Å². The summed E-state index contributed by atoms with van der Waals surface area (Å²) in [5, 5.41) is 3.26. The highest BCUT2D eigenvalue weighted by atomic mass is 16.2. The molecule has 2 heterocycles. The van der Waals surface area contributed by atoms with E-state index < -0.39 is 0 Å². The second-order valence-electron chi connectivity index (χ2n) is 4.22. The maximum absolute atomic E-state index is 11.9. The molecule has 0 spiro atoms. The Morgan fingerprint density at radius 2 is 2.12 bits per heavy atom. The molecule has 1 unspecified atom stereocenters. The lowest BCUT2D eigenvalue weighted by molar-refractivity contribution is -0.112. The summed E-state index contributed by atoms with van der Waals surface area (Å²) in [6.45, 7) is 3.43. The minimum Gasteiger partial charge on any atom is -0.350 e. The van der Waals surface area contributed by atoms with Gasteiger partial charge in [-0.05, 0) is 6.08 Å². The summed E-state index contributed by atoms with van der Waals surface area (Å²) in [5.74, 6) is 0.304. The molecule has 1 N–H and O–H groups in total. The van der Waals surface area contributed by atoms with Gasteiger partial charge in [-0.25, -0.2) is 9.98 Å². The van der Waals surface area contributed by atoms with Crippen molar-refractivity contribution >= 4 is 17.5 Å². The molecule has 0 bridgehead atoms. The van der Waals surface area contributed by atoms with E-state index in [0.29, 0.717) is 5.84 Å². The van der Waals surface area contributed by atoms with Crippen molar-refractivity contribution in [3.05, 3.63) is 24.3 Å². The Labute approximate surface area is 99.6 Å². The van der Waals surface area contributed by atoms with Gasteiger partial charge >= 0.3 is 5.91 Å². The third-order valence-electron chi connectivity index (χ3n) is 3.07. The van der Waals surface area contributed by atoms with Crippen LogP contribution in [0.2, 0.25) is 0 Å². The number of piperazine rings is 1. The summed E-state index contributed by atoms with van der Waals surface area (Å²) in [5.41, 5.74) is 0.747. The average molecular weight is 230 g/mol. The molecule has 0 aromatic heterocycles. The lowest BCUT2D eigenvalue weighted by Gasteiger charge is -2.31. The highest BCUT2D eigenvalue weighted by molar-refractivity contribution is 6.42. The lowest BCUT2D eigenvalue weighted by atomic mass is 10.1. The van der Waals surface area contributed by atoms with Gasteiger partial charge in [0.15, 0.2) is 5.84 Å². The van der Waals surface area contributed by atoms with Gasteiger partial charge in [0, 0.05) is 26.2 Å². The van der Waals surface area contributed by atoms with E-state index in [0.717, 1.165) is 31.9 Å². The molecule has 5 heteroatoms. The van der Waals surface area contributed by atoms with Crippen molar-refractivity contribution in [3.63, 3.8) is 0 Å². The number of amidine groups is 1. The van der Waals surface area contributed by atoms with E-state index >= 15 is 0 Å². The van der Waals surface area contributed by atoms with E-state index in [1.807, 2.05) is 29.2 Å². The van der Waals surface area contributed by atoms with Crippen molar-refractivity contribution in [1.29, 1.82) is 0 Å². The van der Waals surface area contributed by atoms with Crippen molar-refractivity contribution < 1.29 is 4.79 Å². The molecule has 0 radical (unpaired) electrons. The number of nitrogens with zero attached hydrogens (tertiary/aromatic N) is 3. The van der Waals surface area contributed by atoms with Crippen molar-refractivity contribution in [2.24, 2.45) is 9.98 Å². The maximum Gasteiger partial charge on any atom is 0.312 e. The third-order valence-corrected chi connectivity index (χ3v) is 3.07. The van der Waals surface area contributed by atoms with Crippen molar-refractivity contribution in [1.82, 2.24) is 10.2 Å². The Kier molecular flexibility index (Phi) is 2.60. The van der Waals surface area contributed by atoms with Crippen LogP contribution in [0, 0.1) is 0 Å². The van der Waals surface area contributed by atoms with Crippen LogP contribution in [0.15, 0.2) is 34.3 Å². The number of amides is 1. The first kappa shape index (κ1) is 10.4. The van der Waals surface area contributed by atoms with Gasteiger partial charge in [-0.1, -0.05) is 18.2 Å². The second-order valence-corrected chi connectivity index (χ2v) is 4.22. The Hall–Kier alpha value is -1.75. The number of rotatable bonds is 0. The van der Waals surface area contributed by atoms with E-state index in [1.54, 1.807) is 0 Å². The van der Waals surface area contributed by atoms with Gasteiger partial charge in [-0.3, -0.25) is 4.79 Å². The molecular weight excluding hydrogens is 216 g/mol. The molecule has 5 nitrogen and oxygen atoms in total. The van der Waals surface area contributed by atoms with Crippen LogP contribution in [0.3, 0.4) is 0 Å². The summed E-state index contributed by atoms with van der Waals surface area (Å²) in [6, 6.07) is -0.0809. The van der Waals surface area contributed by atoms with Gasteiger partial charge in [0.25, 0.3) is 0 Å². The number of carbonyl (C=O) groups is 1. The summed E-state index contributed by atoms with van der Waals surface area (Å²) in [4.78, 5) is 22.5. The fourth-order valence-electron chi connectivity index (χ4n) is 2.18. The third kappa shape index (κ3) is 1.93. The molecule has 17 heavy (non-hydrogen) atoms.